The molecule has 0 radical (unpaired) electrons. The molecule has 292 valence electrons. The highest BCUT2D eigenvalue weighted by molar-refractivity contribution is 5.62. The van der Waals surface area contributed by atoms with Gasteiger partial charge in [0, 0.05) is 18.7 Å². The van der Waals surface area contributed by atoms with Gasteiger partial charge in [0.2, 0.25) is 0 Å². The molecule has 5 atom stereocenters. The fraction of sp³-hybridized carbons (Fsp3) is 0.838. The fourth-order valence-corrected chi connectivity index (χ4v) is 8.07. The second kappa shape index (κ2) is 21.3. The largest absolute Gasteiger partial charge is 0.493 e. The van der Waals surface area contributed by atoms with Gasteiger partial charge in [-0.3, -0.25) is 0 Å². The van der Waals surface area contributed by atoms with Crippen LogP contribution >= 0.6 is 0 Å². The lowest BCUT2D eigenvalue weighted by atomic mass is 9.48. The first kappa shape index (κ1) is 40.5. The molecule has 2 aliphatic carbocycles. The average Bonchev–Trinajstić information content (AvgIpc) is 3.49. The molecule has 1 spiro atoms. The standard InChI is InChI=1S/C37H61NO13/c1-38-9-8-36-33-29-4-5-30(41-3)34(33)51-35(36)31(6-7-37(36,39)32(38)28-29)50-27-26-49-25-24-48-23-22-47-21-20-46-19-18-45-17-16-44-15-14-43-13-12-42-11-10-40-2/h4-5,31-32,35,39H,6-28H2,1-3H3/t31-,32?,35-,36-,37+/m0/s1. The monoisotopic (exact) mass is 727 g/mol. The summed E-state index contributed by atoms with van der Waals surface area (Å²) in [5, 5.41) is 12.4. The highest BCUT2D eigenvalue weighted by atomic mass is 16.6. The van der Waals surface area contributed by atoms with Crippen molar-refractivity contribution in [1.82, 2.24) is 4.90 Å². The van der Waals surface area contributed by atoms with Crippen LogP contribution in [0.15, 0.2) is 12.1 Å². The van der Waals surface area contributed by atoms with Crippen LogP contribution in [0.3, 0.4) is 0 Å². The number of piperidine rings is 1. The molecule has 14 heteroatoms. The van der Waals surface area contributed by atoms with Crippen molar-refractivity contribution >= 4 is 0 Å². The summed E-state index contributed by atoms with van der Waals surface area (Å²) in [6.45, 7) is 10.1. The van der Waals surface area contributed by atoms with E-state index in [0.717, 1.165) is 42.9 Å². The molecule has 5 rings (SSSR count). The van der Waals surface area contributed by atoms with Crippen molar-refractivity contribution in [3.05, 3.63) is 23.3 Å². The fourth-order valence-electron chi connectivity index (χ4n) is 8.07. The van der Waals surface area contributed by atoms with Gasteiger partial charge in [0.1, 0.15) is 6.10 Å². The van der Waals surface area contributed by atoms with Gasteiger partial charge >= 0.3 is 0 Å². The van der Waals surface area contributed by atoms with Crippen molar-refractivity contribution in [1.29, 1.82) is 0 Å². The predicted octanol–water partition coefficient (Wildman–Crippen LogP) is 1.64. The number of benzene rings is 1. The molecule has 1 aromatic rings. The lowest BCUT2D eigenvalue weighted by molar-refractivity contribution is -0.213. The number of hydrogen-bond donors (Lipinski definition) is 1. The van der Waals surface area contributed by atoms with Crippen molar-refractivity contribution in [2.75, 3.05) is 147 Å². The molecule has 1 unspecified atom stereocenters. The zero-order valence-electron chi connectivity index (χ0n) is 30.9. The molecule has 1 saturated carbocycles. The van der Waals surface area contributed by atoms with Crippen molar-refractivity contribution < 1.29 is 61.9 Å². The summed E-state index contributed by atoms with van der Waals surface area (Å²) < 4.78 is 67.9. The topological polar surface area (TPSA) is 134 Å². The third-order valence-corrected chi connectivity index (χ3v) is 10.5. The van der Waals surface area contributed by atoms with Gasteiger partial charge in [0.15, 0.2) is 11.5 Å². The molecule has 1 aromatic carbocycles. The van der Waals surface area contributed by atoms with Crippen LogP contribution in [0.2, 0.25) is 0 Å². The Morgan fingerprint density at radius 1 is 0.686 bits per heavy atom. The zero-order chi connectivity index (χ0) is 35.8. The van der Waals surface area contributed by atoms with Gasteiger partial charge in [-0.1, -0.05) is 6.07 Å². The maximum atomic E-state index is 12.4. The van der Waals surface area contributed by atoms with Gasteiger partial charge in [-0.05, 0) is 50.9 Å². The molecule has 51 heavy (non-hydrogen) atoms. The smallest absolute Gasteiger partial charge is 0.166 e. The van der Waals surface area contributed by atoms with E-state index in [1.807, 2.05) is 6.07 Å². The van der Waals surface area contributed by atoms with Gasteiger partial charge in [-0.2, -0.15) is 0 Å². The molecule has 2 heterocycles. The number of methoxy groups -OCH3 is 2. The molecule has 2 bridgehead atoms. The lowest BCUT2D eigenvalue weighted by Crippen LogP contribution is -2.76. The van der Waals surface area contributed by atoms with Crippen molar-refractivity contribution in [2.45, 2.75) is 54.9 Å². The van der Waals surface area contributed by atoms with E-state index in [4.69, 9.17) is 56.8 Å². The molecule has 0 aromatic heterocycles. The first-order valence-electron chi connectivity index (χ1n) is 18.6. The van der Waals surface area contributed by atoms with Crippen LogP contribution in [0, 0.1) is 0 Å². The van der Waals surface area contributed by atoms with E-state index in [1.165, 1.54) is 5.56 Å². The zero-order valence-corrected chi connectivity index (χ0v) is 30.9. The second-order valence-corrected chi connectivity index (χ2v) is 13.4. The van der Waals surface area contributed by atoms with Gasteiger partial charge in [-0.25, -0.2) is 0 Å². The minimum atomic E-state index is -0.858. The number of nitrogens with zero attached hydrogens (tertiary/aromatic N) is 1. The number of rotatable bonds is 29. The van der Waals surface area contributed by atoms with Gasteiger partial charge in [0.05, 0.1) is 143 Å². The minimum absolute atomic E-state index is 0.0647. The maximum Gasteiger partial charge on any atom is 0.166 e. The minimum Gasteiger partial charge on any atom is -0.493 e. The second-order valence-electron chi connectivity index (χ2n) is 13.4. The van der Waals surface area contributed by atoms with Crippen molar-refractivity contribution in [3.63, 3.8) is 0 Å². The Morgan fingerprint density at radius 2 is 1.18 bits per heavy atom. The Kier molecular flexibility index (Phi) is 16.9. The van der Waals surface area contributed by atoms with Crippen LogP contribution in [-0.2, 0) is 59.2 Å². The van der Waals surface area contributed by atoms with Crippen LogP contribution in [0.5, 0.6) is 11.5 Å². The highest BCUT2D eigenvalue weighted by Crippen LogP contribution is 2.65. The number of aliphatic hydroxyl groups is 1. The van der Waals surface area contributed by atoms with Crippen LogP contribution in [-0.4, -0.2) is 181 Å². The van der Waals surface area contributed by atoms with E-state index in [-0.39, 0.29) is 18.2 Å². The van der Waals surface area contributed by atoms with Crippen molar-refractivity contribution in [3.8, 4) is 11.5 Å². The van der Waals surface area contributed by atoms with E-state index < -0.39 is 11.0 Å². The van der Waals surface area contributed by atoms with E-state index in [2.05, 4.69) is 18.0 Å². The Labute approximate surface area is 303 Å². The third-order valence-electron chi connectivity index (χ3n) is 10.5. The molecular formula is C37H61NO13. The molecule has 1 saturated heterocycles. The molecular weight excluding hydrogens is 666 g/mol. The van der Waals surface area contributed by atoms with E-state index in [1.54, 1.807) is 14.2 Å². The number of likely N-dealkylation sites (N-methyl/N-ethyl adjacent to an activating group) is 1. The van der Waals surface area contributed by atoms with E-state index in [9.17, 15) is 5.11 Å². The summed E-state index contributed by atoms with van der Waals surface area (Å²) in [5.41, 5.74) is 1.06. The molecule has 4 aliphatic rings. The van der Waals surface area contributed by atoms with Gasteiger partial charge in [0.25, 0.3) is 0 Å². The van der Waals surface area contributed by atoms with Crippen molar-refractivity contribution in [2.24, 2.45) is 0 Å². The van der Waals surface area contributed by atoms with E-state index >= 15 is 0 Å². The van der Waals surface area contributed by atoms with Crippen LogP contribution < -0.4 is 9.47 Å². The third kappa shape index (κ3) is 10.1. The Hall–Kier alpha value is -1.66. The maximum absolute atomic E-state index is 12.4. The Bertz CT molecular complexity index is 1150. The number of likely N-dealkylation sites (tertiary alicyclic amines) is 1. The quantitative estimate of drug-likeness (QED) is 0.120. The first-order chi connectivity index (χ1) is 25.1. The number of ether oxygens (including phenoxy) is 12. The normalized spacial score (nSPS) is 26.3. The molecule has 1 N–H and O–H groups in total. The molecule has 2 fully saturated rings. The van der Waals surface area contributed by atoms with E-state index in [0.29, 0.717) is 125 Å². The summed E-state index contributed by atoms with van der Waals surface area (Å²) >= 11 is 0. The summed E-state index contributed by atoms with van der Waals surface area (Å²) in [6.07, 6.45) is 2.67. The lowest BCUT2D eigenvalue weighted by Gasteiger charge is -2.63. The highest BCUT2D eigenvalue weighted by Gasteiger charge is 2.72. The predicted molar refractivity (Wildman–Crippen MR) is 186 cm³/mol. The summed E-state index contributed by atoms with van der Waals surface area (Å²) in [6, 6.07) is 4.22. The first-order valence-corrected chi connectivity index (χ1v) is 18.6. The van der Waals surface area contributed by atoms with Crippen LogP contribution in [0.4, 0.5) is 0 Å². The SMILES string of the molecule is COCCOCCOCCOCCOCCOCCOCCOCCOCCO[C@H]1CC[C@@]2(O)C3Cc4ccc(OC)c5c4[C@@]2(CCN3C)[C@H]1O5. The molecule has 2 aliphatic heterocycles. The molecule has 0 amide bonds. The van der Waals surface area contributed by atoms with Crippen LogP contribution in [0.25, 0.3) is 0 Å². The summed E-state index contributed by atoms with van der Waals surface area (Å²) in [5.74, 6) is 1.52. The van der Waals surface area contributed by atoms with Crippen LogP contribution in [0.1, 0.15) is 30.4 Å². The molecule has 14 nitrogen and oxygen atoms in total. The number of hydrogen-bond acceptors (Lipinski definition) is 14. The summed E-state index contributed by atoms with van der Waals surface area (Å²) in [4.78, 5) is 2.33. The average molecular weight is 728 g/mol. The van der Waals surface area contributed by atoms with Gasteiger partial charge < -0.3 is 66.8 Å². The Morgan fingerprint density at radius 3 is 1.67 bits per heavy atom. The van der Waals surface area contributed by atoms with Gasteiger partial charge in [-0.15, -0.1) is 0 Å². The Balaban J connectivity index is 0.828. The summed E-state index contributed by atoms with van der Waals surface area (Å²) in [7, 11) is 5.45.